The number of aryl methyl sites for hydroxylation is 1. The summed E-state index contributed by atoms with van der Waals surface area (Å²) in [5, 5.41) is 3.00. The predicted octanol–water partition coefficient (Wildman–Crippen LogP) is 3.54. The van der Waals surface area contributed by atoms with Crippen molar-refractivity contribution in [2.75, 3.05) is 18.9 Å². The molecule has 0 unspecified atom stereocenters. The Morgan fingerprint density at radius 1 is 1.30 bits per heavy atom. The molecule has 2 aromatic rings. The van der Waals surface area contributed by atoms with E-state index in [1.807, 2.05) is 0 Å². The van der Waals surface area contributed by atoms with E-state index in [0.717, 1.165) is 12.8 Å². The van der Waals surface area contributed by atoms with Gasteiger partial charge in [-0.3, -0.25) is 4.79 Å². The fourth-order valence-electron chi connectivity index (χ4n) is 2.15. The van der Waals surface area contributed by atoms with Crippen LogP contribution in [0.3, 0.4) is 0 Å². The number of carbonyl (C=O) groups excluding carboxylic acids is 1. The molecule has 1 aromatic carbocycles. The first kappa shape index (κ1) is 16.9. The number of nitrogens with one attached hydrogen (secondary N) is 1. The van der Waals surface area contributed by atoms with Gasteiger partial charge in [-0.2, -0.15) is 0 Å². The van der Waals surface area contributed by atoms with Crippen molar-refractivity contribution in [1.82, 2.24) is 14.9 Å². The van der Waals surface area contributed by atoms with Gasteiger partial charge in [0.05, 0.1) is 0 Å². The van der Waals surface area contributed by atoms with Gasteiger partial charge in [-0.25, -0.2) is 14.4 Å². The summed E-state index contributed by atoms with van der Waals surface area (Å²) in [5.41, 5.74) is 0.899. The number of hydrogen-bond donors (Lipinski definition) is 1. The summed E-state index contributed by atoms with van der Waals surface area (Å²) < 4.78 is 13.2. The Morgan fingerprint density at radius 2 is 2.09 bits per heavy atom. The summed E-state index contributed by atoms with van der Waals surface area (Å²) in [6, 6.07) is 7.66. The van der Waals surface area contributed by atoms with Crippen molar-refractivity contribution in [3.8, 4) is 0 Å². The standard InChI is InChI=1S/C17H21FN4O/c1-4-5-9-22(3)17(23)15-11-16(20-12(2)19-15)21-14-8-6-7-13(18)10-14/h6-8,10-11H,4-5,9H2,1-3H3,(H,19,20,21). The maximum absolute atomic E-state index is 13.2. The summed E-state index contributed by atoms with van der Waals surface area (Å²) in [4.78, 5) is 22.5. The van der Waals surface area contributed by atoms with Gasteiger partial charge in [0.25, 0.3) is 5.91 Å². The third kappa shape index (κ3) is 4.74. The number of carbonyl (C=O) groups is 1. The maximum atomic E-state index is 13.2. The van der Waals surface area contributed by atoms with Crippen LogP contribution in [0, 0.1) is 12.7 Å². The molecule has 0 aliphatic heterocycles. The van der Waals surface area contributed by atoms with Crippen molar-refractivity contribution in [1.29, 1.82) is 0 Å². The SMILES string of the molecule is CCCCN(C)C(=O)c1cc(Nc2cccc(F)c2)nc(C)n1. The largest absolute Gasteiger partial charge is 0.340 e. The minimum Gasteiger partial charge on any atom is -0.340 e. The van der Waals surface area contributed by atoms with E-state index in [-0.39, 0.29) is 11.7 Å². The van der Waals surface area contributed by atoms with E-state index in [9.17, 15) is 9.18 Å². The quantitative estimate of drug-likeness (QED) is 0.885. The smallest absolute Gasteiger partial charge is 0.272 e. The van der Waals surface area contributed by atoms with Crippen LogP contribution in [-0.2, 0) is 0 Å². The summed E-state index contributed by atoms with van der Waals surface area (Å²) in [6.45, 7) is 4.48. The highest BCUT2D eigenvalue weighted by molar-refractivity contribution is 5.93. The second-order valence-electron chi connectivity index (χ2n) is 5.40. The van der Waals surface area contributed by atoms with Gasteiger partial charge in [0.2, 0.25) is 0 Å². The lowest BCUT2D eigenvalue weighted by Crippen LogP contribution is -2.28. The third-order valence-electron chi connectivity index (χ3n) is 3.35. The molecule has 1 aromatic heterocycles. The van der Waals surface area contributed by atoms with Gasteiger partial charge >= 0.3 is 0 Å². The topological polar surface area (TPSA) is 58.1 Å². The Hall–Kier alpha value is -2.50. The van der Waals surface area contributed by atoms with Crippen LogP contribution in [0.25, 0.3) is 0 Å². The molecule has 0 spiro atoms. The summed E-state index contributed by atoms with van der Waals surface area (Å²) >= 11 is 0. The van der Waals surface area contributed by atoms with Crippen molar-refractivity contribution in [2.45, 2.75) is 26.7 Å². The minimum atomic E-state index is -0.337. The number of rotatable bonds is 6. The Balaban J connectivity index is 2.20. The van der Waals surface area contributed by atoms with E-state index in [0.29, 0.717) is 29.6 Å². The van der Waals surface area contributed by atoms with Crippen molar-refractivity contribution >= 4 is 17.4 Å². The molecule has 0 aliphatic carbocycles. The molecule has 0 fully saturated rings. The molecule has 0 aliphatic rings. The first-order valence-electron chi connectivity index (χ1n) is 7.63. The monoisotopic (exact) mass is 316 g/mol. The van der Waals surface area contributed by atoms with Gasteiger partial charge in [-0.1, -0.05) is 19.4 Å². The van der Waals surface area contributed by atoms with Gasteiger partial charge in [0.15, 0.2) is 0 Å². The minimum absolute atomic E-state index is 0.147. The second kappa shape index (κ2) is 7.67. The molecule has 2 rings (SSSR count). The summed E-state index contributed by atoms with van der Waals surface area (Å²) in [6.07, 6.45) is 1.97. The van der Waals surface area contributed by atoms with Gasteiger partial charge in [-0.15, -0.1) is 0 Å². The van der Waals surface area contributed by atoms with Crippen LogP contribution < -0.4 is 5.32 Å². The number of anilines is 2. The van der Waals surface area contributed by atoms with Gasteiger partial charge < -0.3 is 10.2 Å². The molecule has 1 N–H and O–H groups in total. The fourth-order valence-corrected chi connectivity index (χ4v) is 2.15. The average molecular weight is 316 g/mol. The number of halogens is 1. The van der Waals surface area contributed by atoms with Gasteiger partial charge in [0, 0.05) is 25.3 Å². The molecule has 0 bridgehead atoms. The van der Waals surface area contributed by atoms with E-state index in [4.69, 9.17) is 0 Å². The molecule has 0 saturated carbocycles. The van der Waals surface area contributed by atoms with Crippen LogP contribution >= 0.6 is 0 Å². The molecule has 23 heavy (non-hydrogen) atoms. The summed E-state index contributed by atoms with van der Waals surface area (Å²) in [5.74, 6) is 0.469. The number of aromatic nitrogens is 2. The van der Waals surface area contributed by atoms with E-state index in [2.05, 4.69) is 22.2 Å². The molecular weight excluding hydrogens is 295 g/mol. The molecule has 0 atom stereocenters. The molecule has 0 radical (unpaired) electrons. The fraction of sp³-hybridized carbons (Fsp3) is 0.353. The summed E-state index contributed by atoms with van der Waals surface area (Å²) in [7, 11) is 1.76. The number of nitrogens with zero attached hydrogens (tertiary/aromatic N) is 3. The van der Waals surface area contributed by atoms with Crippen LogP contribution in [0.15, 0.2) is 30.3 Å². The molecular formula is C17H21FN4O. The second-order valence-corrected chi connectivity index (χ2v) is 5.40. The van der Waals surface area contributed by atoms with E-state index < -0.39 is 0 Å². The van der Waals surface area contributed by atoms with Crippen LogP contribution in [0.5, 0.6) is 0 Å². The van der Waals surface area contributed by atoms with Crippen molar-refractivity contribution in [3.63, 3.8) is 0 Å². The van der Waals surface area contributed by atoms with Crippen LogP contribution in [0.1, 0.15) is 36.1 Å². The van der Waals surface area contributed by atoms with Gasteiger partial charge in [-0.05, 0) is 31.5 Å². The van der Waals surface area contributed by atoms with E-state index >= 15 is 0 Å². The average Bonchev–Trinajstić information content (AvgIpc) is 2.51. The number of benzene rings is 1. The van der Waals surface area contributed by atoms with E-state index in [1.54, 1.807) is 37.1 Å². The van der Waals surface area contributed by atoms with Crippen molar-refractivity contribution in [3.05, 3.63) is 47.7 Å². The molecule has 122 valence electrons. The number of unbranched alkanes of at least 4 members (excludes halogenated alkanes) is 1. The zero-order valence-electron chi connectivity index (χ0n) is 13.6. The van der Waals surface area contributed by atoms with Gasteiger partial charge in [0.1, 0.15) is 23.2 Å². The Bertz CT molecular complexity index is 690. The lowest BCUT2D eigenvalue weighted by Gasteiger charge is -2.17. The molecule has 5 nitrogen and oxygen atoms in total. The number of amides is 1. The van der Waals surface area contributed by atoms with Crippen molar-refractivity contribution < 1.29 is 9.18 Å². The molecule has 1 amide bonds. The first-order chi connectivity index (χ1) is 11.0. The van der Waals surface area contributed by atoms with E-state index in [1.165, 1.54) is 12.1 Å². The Kier molecular flexibility index (Phi) is 5.62. The van der Waals surface area contributed by atoms with Crippen LogP contribution in [0.2, 0.25) is 0 Å². The Labute approximate surface area is 135 Å². The first-order valence-corrected chi connectivity index (χ1v) is 7.63. The maximum Gasteiger partial charge on any atom is 0.272 e. The molecule has 0 saturated heterocycles. The molecule has 1 heterocycles. The normalized spacial score (nSPS) is 10.4. The predicted molar refractivity (Wildman–Crippen MR) is 88.3 cm³/mol. The van der Waals surface area contributed by atoms with Crippen LogP contribution in [-0.4, -0.2) is 34.4 Å². The zero-order valence-corrected chi connectivity index (χ0v) is 13.6. The lowest BCUT2D eigenvalue weighted by molar-refractivity contribution is 0.0787. The zero-order chi connectivity index (χ0) is 16.8. The van der Waals surface area contributed by atoms with Crippen LogP contribution in [0.4, 0.5) is 15.9 Å². The lowest BCUT2D eigenvalue weighted by atomic mass is 10.2. The highest BCUT2D eigenvalue weighted by atomic mass is 19.1. The highest BCUT2D eigenvalue weighted by Gasteiger charge is 2.15. The Morgan fingerprint density at radius 3 is 2.78 bits per heavy atom. The van der Waals surface area contributed by atoms with Crippen molar-refractivity contribution in [2.24, 2.45) is 0 Å². The molecule has 6 heteroatoms. The number of hydrogen-bond acceptors (Lipinski definition) is 4. The highest BCUT2D eigenvalue weighted by Crippen LogP contribution is 2.17. The third-order valence-corrected chi connectivity index (χ3v) is 3.35.